The number of carbonyl (C=O) groups is 1. The first-order chi connectivity index (χ1) is 20.0. The van der Waals surface area contributed by atoms with E-state index in [1.165, 1.54) is 0 Å². The lowest BCUT2D eigenvalue weighted by Gasteiger charge is -2.37. The number of amides is 1. The first-order valence-corrected chi connectivity index (χ1v) is 14.2. The van der Waals surface area contributed by atoms with Crippen molar-refractivity contribution in [3.05, 3.63) is 62.4 Å². The molecule has 1 saturated heterocycles. The van der Waals surface area contributed by atoms with Crippen LogP contribution in [0.4, 0.5) is 22.0 Å². The Hall–Kier alpha value is -4.52. The van der Waals surface area contributed by atoms with E-state index in [1.807, 2.05) is 45.0 Å². The van der Waals surface area contributed by atoms with E-state index in [4.69, 9.17) is 26.3 Å². The first-order valence-electron chi connectivity index (χ1n) is 13.8. The van der Waals surface area contributed by atoms with Crippen LogP contribution in [-0.4, -0.2) is 78.5 Å². The lowest BCUT2D eigenvalue weighted by atomic mass is 10.2. The molecule has 0 atom stereocenters. The van der Waals surface area contributed by atoms with Crippen molar-refractivity contribution in [1.82, 2.24) is 29.5 Å². The molecule has 3 aromatic heterocycles. The molecule has 42 heavy (non-hydrogen) atoms. The number of fused-ring (bicyclic) bond motifs is 1. The monoisotopic (exact) mass is 593 g/mol. The standard InChI is InChI=1S/C28H32ClN9O4/c1-28(2,3)42-27(41)37-10-8-36(9-11-37)21-7-6-18(13-19(21)29)31-22-14-23(32-17-4-5-17)38-24(34-22)16(15-30-38)12-20-25(39)35-26(40)33-20/h6-7,12-15,17,31,39H,4-5,8-11H2,1-3H3,(H2,33,35,40). The Labute approximate surface area is 245 Å². The van der Waals surface area contributed by atoms with Crippen LogP contribution >= 0.6 is 11.6 Å². The zero-order valence-corrected chi connectivity index (χ0v) is 24.3. The number of rotatable bonds is 5. The van der Waals surface area contributed by atoms with Gasteiger partial charge in [0.1, 0.15) is 17.1 Å². The smallest absolute Gasteiger partial charge is 0.410 e. The van der Waals surface area contributed by atoms with Crippen molar-refractivity contribution in [1.29, 1.82) is 0 Å². The van der Waals surface area contributed by atoms with Crippen LogP contribution in [0.3, 0.4) is 0 Å². The molecule has 4 heterocycles. The second-order valence-electron chi connectivity index (χ2n) is 11.4. The predicted molar refractivity (Wildman–Crippen MR) is 158 cm³/mol. The molecule has 4 N–H and O–H groups in total. The van der Waals surface area contributed by atoms with Crippen LogP contribution in [0.5, 0.6) is 5.88 Å². The van der Waals surface area contributed by atoms with Gasteiger partial charge in [-0.05, 0) is 57.9 Å². The van der Waals surface area contributed by atoms with Gasteiger partial charge in [0.2, 0.25) is 5.88 Å². The van der Waals surface area contributed by atoms with Crippen LogP contribution in [0.15, 0.2) is 40.2 Å². The number of H-pyrrole nitrogens is 2. The van der Waals surface area contributed by atoms with Gasteiger partial charge in [-0.2, -0.15) is 9.61 Å². The van der Waals surface area contributed by atoms with E-state index in [1.54, 1.807) is 21.7 Å². The summed E-state index contributed by atoms with van der Waals surface area (Å²) in [5.41, 5.74) is 1.95. The molecule has 1 amide bonds. The number of ether oxygens (including phenoxy) is 1. The highest BCUT2D eigenvalue weighted by atomic mass is 35.5. The van der Waals surface area contributed by atoms with Gasteiger partial charge in [-0.3, -0.25) is 9.98 Å². The van der Waals surface area contributed by atoms with Crippen molar-refractivity contribution >= 4 is 46.6 Å². The number of aromatic hydroxyl groups is 1. The van der Waals surface area contributed by atoms with Crippen molar-refractivity contribution in [2.45, 2.75) is 45.3 Å². The molecule has 1 aliphatic carbocycles. The number of aromatic nitrogens is 5. The number of anilines is 3. The predicted octanol–water partition coefficient (Wildman–Crippen LogP) is 2.52. The van der Waals surface area contributed by atoms with E-state index in [-0.39, 0.29) is 23.7 Å². The Balaban J connectivity index is 1.24. The summed E-state index contributed by atoms with van der Waals surface area (Å²) in [6.45, 7) is 7.94. The molecule has 2 fully saturated rings. The number of hydrogen-bond acceptors (Lipinski definition) is 9. The van der Waals surface area contributed by atoms with Crippen LogP contribution in [0.25, 0.3) is 11.7 Å². The van der Waals surface area contributed by atoms with Crippen LogP contribution < -0.4 is 26.6 Å². The highest BCUT2D eigenvalue weighted by molar-refractivity contribution is 6.33. The lowest BCUT2D eigenvalue weighted by molar-refractivity contribution is 0.0240. The summed E-state index contributed by atoms with van der Waals surface area (Å²) < 4.78 is 7.14. The van der Waals surface area contributed by atoms with E-state index in [0.717, 1.165) is 24.2 Å². The van der Waals surface area contributed by atoms with E-state index < -0.39 is 11.3 Å². The van der Waals surface area contributed by atoms with Crippen molar-refractivity contribution in [2.24, 2.45) is 4.99 Å². The third kappa shape index (κ3) is 6.05. The molecule has 1 aliphatic heterocycles. The number of imidazole rings is 1. The summed E-state index contributed by atoms with van der Waals surface area (Å²) in [6, 6.07) is 7.79. The maximum Gasteiger partial charge on any atom is 0.410 e. The second kappa shape index (κ2) is 10.7. The molecule has 1 aromatic carbocycles. The number of nitrogens with zero attached hydrogens (tertiary/aromatic N) is 6. The highest BCUT2D eigenvalue weighted by Crippen LogP contribution is 2.31. The number of benzene rings is 1. The third-order valence-corrected chi connectivity index (χ3v) is 7.17. The van der Waals surface area contributed by atoms with Gasteiger partial charge in [0.05, 0.1) is 22.9 Å². The molecule has 14 heteroatoms. The van der Waals surface area contributed by atoms with E-state index in [2.05, 4.69) is 25.3 Å². The van der Waals surface area contributed by atoms with Gasteiger partial charge in [0.25, 0.3) is 0 Å². The van der Waals surface area contributed by atoms with Gasteiger partial charge in [0.15, 0.2) is 11.1 Å². The minimum atomic E-state index is -0.532. The average Bonchev–Trinajstić information content (AvgIpc) is 3.56. The van der Waals surface area contributed by atoms with Gasteiger partial charge in [-0.25, -0.2) is 14.6 Å². The molecular formula is C28H32ClN9O4. The Morgan fingerprint density at radius 1 is 1.19 bits per heavy atom. The van der Waals surface area contributed by atoms with Crippen LogP contribution in [0.1, 0.15) is 39.3 Å². The SMILES string of the molecule is CC(C)(C)OC(=O)N1CCN(c2ccc(Nc3cc(=NC4CC4)n4ncc(=Cc5[nH]c(=O)[nH]c5O)c4n3)cc2Cl)CC1. The molecule has 2 aliphatic rings. The minimum absolute atomic E-state index is 0.227. The summed E-state index contributed by atoms with van der Waals surface area (Å²) >= 11 is 6.73. The number of nitrogens with one attached hydrogen (secondary N) is 3. The fourth-order valence-electron chi connectivity index (χ4n) is 4.71. The van der Waals surface area contributed by atoms with Crippen molar-refractivity contribution in [2.75, 3.05) is 36.4 Å². The normalized spacial score (nSPS) is 16.9. The summed E-state index contributed by atoms with van der Waals surface area (Å²) in [4.78, 5) is 42.3. The molecule has 6 rings (SSSR count). The third-order valence-electron chi connectivity index (χ3n) is 6.87. The van der Waals surface area contributed by atoms with Gasteiger partial charge >= 0.3 is 11.8 Å². The van der Waals surface area contributed by atoms with Crippen LogP contribution in [-0.2, 0) is 4.74 Å². The van der Waals surface area contributed by atoms with E-state index in [9.17, 15) is 14.7 Å². The topological polar surface area (TPSA) is 156 Å². The molecule has 220 valence electrons. The molecular weight excluding hydrogens is 562 g/mol. The molecule has 0 unspecified atom stereocenters. The van der Waals surface area contributed by atoms with Gasteiger partial charge < -0.3 is 29.9 Å². The molecule has 4 aromatic rings. The van der Waals surface area contributed by atoms with Crippen molar-refractivity contribution < 1.29 is 14.6 Å². The first kappa shape index (κ1) is 27.6. The summed E-state index contributed by atoms with van der Waals surface area (Å²) in [5, 5.41) is 19.0. The van der Waals surface area contributed by atoms with Crippen molar-refractivity contribution in [3.63, 3.8) is 0 Å². The van der Waals surface area contributed by atoms with Crippen LogP contribution in [0.2, 0.25) is 5.02 Å². The quantitative estimate of drug-likeness (QED) is 0.275. The van der Waals surface area contributed by atoms with Gasteiger partial charge in [-0.15, -0.1) is 0 Å². The number of halogens is 1. The minimum Gasteiger partial charge on any atom is -0.493 e. The number of aromatic amines is 2. The zero-order chi connectivity index (χ0) is 29.6. The van der Waals surface area contributed by atoms with Crippen molar-refractivity contribution in [3.8, 4) is 5.88 Å². The molecule has 13 nitrogen and oxygen atoms in total. The van der Waals surface area contributed by atoms with E-state index in [0.29, 0.717) is 53.4 Å². The molecule has 1 saturated carbocycles. The van der Waals surface area contributed by atoms with Gasteiger partial charge in [0, 0.05) is 43.2 Å². The fourth-order valence-corrected chi connectivity index (χ4v) is 5.01. The summed E-state index contributed by atoms with van der Waals surface area (Å²) in [7, 11) is 0. The number of hydrogen-bond donors (Lipinski definition) is 4. The van der Waals surface area contributed by atoms with E-state index >= 15 is 0 Å². The number of piperazine rings is 1. The average molecular weight is 594 g/mol. The Bertz CT molecular complexity index is 1830. The summed E-state index contributed by atoms with van der Waals surface area (Å²) in [5.74, 6) is 0.274. The Morgan fingerprint density at radius 2 is 1.95 bits per heavy atom. The summed E-state index contributed by atoms with van der Waals surface area (Å²) in [6.07, 6.45) is 4.95. The Morgan fingerprint density at radius 3 is 2.60 bits per heavy atom. The van der Waals surface area contributed by atoms with Crippen LogP contribution in [0, 0.1) is 0 Å². The maximum atomic E-state index is 12.4. The largest absolute Gasteiger partial charge is 0.493 e. The molecule has 0 spiro atoms. The molecule has 0 bridgehead atoms. The maximum absolute atomic E-state index is 12.4. The fraction of sp³-hybridized carbons (Fsp3) is 0.393. The number of carbonyl (C=O) groups excluding carboxylic acids is 1. The zero-order valence-electron chi connectivity index (χ0n) is 23.5. The highest BCUT2D eigenvalue weighted by Gasteiger charge is 2.27. The van der Waals surface area contributed by atoms with Gasteiger partial charge in [-0.1, -0.05) is 11.6 Å². The molecule has 0 radical (unpaired) electrons. The lowest BCUT2D eigenvalue weighted by Crippen LogP contribution is -2.50. The second-order valence-corrected chi connectivity index (χ2v) is 11.8. The Kier molecular flexibility index (Phi) is 7.05.